The van der Waals surface area contributed by atoms with E-state index in [1.807, 2.05) is 17.9 Å². The lowest BCUT2D eigenvalue weighted by Gasteiger charge is -2.32. The highest BCUT2D eigenvalue weighted by Gasteiger charge is 2.24. The van der Waals surface area contributed by atoms with Crippen molar-refractivity contribution >= 4 is 5.91 Å². The SMILES string of the molecule is Cc1ccnn1CC(=O)N1CCC[C@@H](COc2cccc(F)c2)C1. The van der Waals surface area contributed by atoms with E-state index in [1.54, 1.807) is 23.0 Å². The van der Waals surface area contributed by atoms with E-state index >= 15 is 0 Å². The first-order chi connectivity index (χ1) is 11.6. The maximum Gasteiger partial charge on any atom is 0.244 e. The van der Waals surface area contributed by atoms with Crippen molar-refractivity contribution in [1.82, 2.24) is 14.7 Å². The Kier molecular flexibility index (Phi) is 5.13. The predicted molar refractivity (Wildman–Crippen MR) is 88.2 cm³/mol. The predicted octanol–water partition coefficient (Wildman–Crippen LogP) is 2.65. The number of halogens is 1. The van der Waals surface area contributed by atoms with Crippen molar-refractivity contribution in [3.63, 3.8) is 0 Å². The van der Waals surface area contributed by atoms with Gasteiger partial charge in [-0.05, 0) is 38.0 Å². The third-order valence-electron chi connectivity index (χ3n) is 4.37. The Hall–Kier alpha value is -2.37. The summed E-state index contributed by atoms with van der Waals surface area (Å²) in [5.41, 5.74) is 0.978. The monoisotopic (exact) mass is 331 g/mol. The molecule has 2 aromatic rings. The number of carbonyl (C=O) groups excluding carboxylic acids is 1. The molecular weight excluding hydrogens is 309 g/mol. The van der Waals surface area contributed by atoms with Gasteiger partial charge < -0.3 is 9.64 Å². The summed E-state index contributed by atoms with van der Waals surface area (Å²) in [5.74, 6) is 0.579. The molecule has 0 spiro atoms. The molecule has 5 nitrogen and oxygen atoms in total. The Balaban J connectivity index is 1.52. The van der Waals surface area contributed by atoms with Crippen molar-refractivity contribution in [3.05, 3.63) is 48.0 Å². The topological polar surface area (TPSA) is 47.4 Å². The minimum atomic E-state index is -0.303. The van der Waals surface area contributed by atoms with Gasteiger partial charge in [-0.3, -0.25) is 9.48 Å². The molecule has 0 aliphatic carbocycles. The molecule has 128 valence electrons. The van der Waals surface area contributed by atoms with Gasteiger partial charge in [0.05, 0.1) is 6.61 Å². The summed E-state index contributed by atoms with van der Waals surface area (Å²) in [6.45, 7) is 4.15. The van der Waals surface area contributed by atoms with Crippen LogP contribution in [0.2, 0.25) is 0 Å². The average Bonchev–Trinajstić information content (AvgIpc) is 2.98. The van der Waals surface area contributed by atoms with Crippen molar-refractivity contribution in [2.45, 2.75) is 26.3 Å². The molecule has 1 aromatic carbocycles. The number of ether oxygens (including phenoxy) is 1. The third kappa shape index (κ3) is 4.13. The fraction of sp³-hybridized carbons (Fsp3) is 0.444. The van der Waals surface area contributed by atoms with Gasteiger partial charge in [0, 0.05) is 37.0 Å². The summed E-state index contributed by atoms with van der Waals surface area (Å²) < 4.78 is 20.6. The molecule has 1 aliphatic heterocycles. The molecule has 1 aliphatic rings. The van der Waals surface area contributed by atoms with Gasteiger partial charge in [0.1, 0.15) is 18.1 Å². The number of benzene rings is 1. The molecule has 1 atom stereocenters. The van der Waals surface area contributed by atoms with Gasteiger partial charge in [0.15, 0.2) is 0 Å². The van der Waals surface area contributed by atoms with E-state index in [9.17, 15) is 9.18 Å². The maximum absolute atomic E-state index is 13.2. The zero-order valence-corrected chi connectivity index (χ0v) is 13.8. The van der Waals surface area contributed by atoms with Crippen molar-refractivity contribution in [2.24, 2.45) is 5.92 Å². The first-order valence-corrected chi connectivity index (χ1v) is 8.26. The molecule has 0 radical (unpaired) electrons. The summed E-state index contributed by atoms with van der Waals surface area (Å²) in [6.07, 6.45) is 3.68. The molecule has 2 heterocycles. The fourth-order valence-corrected chi connectivity index (χ4v) is 2.99. The van der Waals surface area contributed by atoms with Crippen molar-refractivity contribution in [3.8, 4) is 5.75 Å². The summed E-state index contributed by atoms with van der Waals surface area (Å²) in [4.78, 5) is 14.3. The van der Waals surface area contributed by atoms with Gasteiger partial charge in [-0.15, -0.1) is 0 Å². The van der Waals surface area contributed by atoms with Gasteiger partial charge in [-0.25, -0.2) is 4.39 Å². The number of hydrogen-bond donors (Lipinski definition) is 0. The highest BCUT2D eigenvalue weighted by Crippen LogP contribution is 2.20. The smallest absolute Gasteiger partial charge is 0.244 e. The molecule has 6 heteroatoms. The second kappa shape index (κ2) is 7.47. The van der Waals surface area contributed by atoms with Gasteiger partial charge in [-0.2, -0.15) is 5.10 Å². The molecular formula is C18H22FN3O2. The fourth-order valence-electron chi connectivity index (χ4n) is 2.99. The van der Waals surface area contributed by atoms with E-state index in [4.69, 9.17) is 4.74 Å². The lowest BCUT2D eigenvalue weighted by molar-refractivity contribution is -0.134. The number of aryl methyl sites for hydroxylation is 1. The molecule has 0 N–H and O–H groups in total. The largest absolute Gasteiger partial charge is 0.493 e. The molecule has 0 unspecified atom stereocenters. The molecule has 0 bridgehead atoms. The summed E-state index contributed by atoms with van der Waals surface area (Å²) in [6, 6.07) is 8.04. The molecule has 24 heavy (non-hydrogen) atoms. The van der Waals surface area contributed by atoms with Crippen LogP contribution in [0.15, 0.2) is 36.5 Å². The zero-order valence-electron chi connectivity index (χ0n) is 13.8. The quantitative estimate of drug-likeness (QED) is 0.846. The standard InChI is InChI=1S/C18H22FN3O2/c1-14-7-8-20-22(14)12-18(23)21-9-3-4-15(11-21)13-24-17-6-2-5-16(19)10-17/h2,5-8,10,15H,3-4,9,11-13H2,1H3/t15-/m1/s1. The first kappa shape index (κ1) is 16.5. The number of piperidine rings is 1. The van der Waals surface area contributed by atoms with Gasteiger partial charge in [0.25, 0.3) is 0 Å². The highest BCUT2D eigenvalue weighted by atomic mass is 19.1. The van der Waals surface area contributed by atoms with E-state index in [0.717, 1.165) is 25.1 Å². The Morgan fingerprint density at radius 3 is 3.04 bits per heavy atom. The average molecular weight is 331 g/mol. The lowest BCUT2D eigenvalue weighted by atomic mass is 9.99. The summed E-state index contributed by atoms with van der Waals surface area (Å²) in [7, 11) is 0. The van der Waals surface area contributed by atoms with Crippen molar-refractivity contribution in [1.29, 1.82) is 0 Å². The van der Waals surface area contributed by atoms with E-state index < -0.39 is 0 Å². The van der Waals surface area contributed by atoms with Crippen LogP contribution in [0.5, 0.6) is 5.75 Å². The summed E-state index contributed by atoms with van der Waals surface area (Å²) in [5, 5.41) is 4.16. The van der Waals surface area contributed by atoms with E-state index in [2.05, 4.69) is 5.10 Å². The third-order valence-corrected chi connectivity index (χ3v) is 4.37. The van der Waals surface area contributed by atoms with Crippen LogP contribution in [0.3, 0.4) is 0 Å². The Morgan fingerprint density at radius 2 is 2.29 bits per heavy atom. The van der Waals surface area contributed by atoms with Crippen LogP contribution in [0.1, 0.15) is 18.5 Å². The molecule has 1 aromatic heterocycles. The minimum absolute atomic E-state index is 0.0808. The molecule has 1 fully saturated rings. The molecule has 1 saturated heterocycles. The summed E-state index contributed by atoms with van der Waals surface area (Å²) >= 11 is 0. The number of likely N-dealkylation sites (tertiary alicyclic amines) is 1. The van der Waals surface area contributed by atoms with Crippen LogP contribution >= 0.6 is 0 Å². The number of hydrogen-bond acceptors (Lipinski definition) is 3. The maximum atomic E-state index is 13.2. The van der Waals surface area contributed by atoms with Gasteiger partial charge in [0.2, 0.25) is 5.91 Å². The van der Waals surface area contributed by atoms with Crippen LogP contribution in [0, 0.1) is 18.7 Å². The Bertz CT molecular complexity index is 701. The molecule has 1 amide bonds. The Labute approximate surface area is 141 Å². The number of carbonyl (C=O) groups is 1. The van der Waals surface area contributed by atoms with E-state index in [-0.39, 0.29) is 24.2 Å². The minimum Gasteiger partial charge on any atom is -0.493 e. The zero-order chi connectivity index (χ0) is 16.9. The molecule has 0 saturated carbocycles. The van der Waals surface area contributed by atoms with Crippen LogP contribution in [0.4, 0.5) is 4.39 Å². The Morgan fingerprint density at radius 1 is 1.42 bits per heavy atom. The number of nitrogens with zero attached hydrogens (tertiary/aromatic N) is 3. The number of rotatable bonds is 5. The molecule has 3 rings (SSSR count). The number of amides is 1. The number of aromatic nitrogens is 2. The van der Waals surface area contributed by atoms with Crippen LogP contribution < -0.4 is 4.74 Å². The van der Waals surface area contributed by atoms with E-state index in [0.29, 0.717) is 18.9 Å². The second-order valence-corrected chi connectivity index (χ2v) is 6.25. The first-order valence-electron chi connectivity index (χ1n) is 8.26. The second-order valence-electron chi connectivity index (χ2n) is 6.25. The van der Waals surface area contributed by atoms with Crippen LogP contribution in [0.25, 0.3) is 0 Å². The van der Waals surface area contributed by atoms with E-state index in [1.165, 1.54) is 12.1 Å². The lowest BCUT2D eigenvalue weighted by Crippen LogP contribution is -2.43. The van der Waals surface area contributed by atoms with Gasteiger partial charge >= 0.3 is 0 Å². The van der Waals surface area contributed by atoms with Crippen LogP contribution in [-0.4, -0.2) is 40.3 Å². The van der Waals surface area contributed by atoms with Crippen molar-refractivity contribution in [2.75, 3.05) is 19.7 Å². The van der Waals surface area contributed by atoms with Gasteiger partial charge in [-0.1, -0.05) is 6.07 Å². The van der Waals surface area contributed by atoms with Crippen molar-refractivity contribution < 1.29 is 13.9 Å². The van der Waals surface area contributed by atoms with Crippen LogP contribution in [-0.2, 0) is 11.3 Å². The highest BCUT2D eigenvalue weighted by molar-refractivity contribution is 5.76. The normalized spacial score (nSPS) is 17.8.